The van der Waals surface area contributed by atoms with E-state index in [1.807, 2.05) is 4.90 Å². The van der Waals surface area contributed by atoms with Gasteiger partial charge in [0.15, 0.2) is 0 Å². The number of fused-ring (bicyclic) bond motifs is 2. The van der Waals surface area contributed by atoms with E-state index >= 15 is 0 Å². The maximum Gasteiger partial charge on any atom is 0.236 e. The van der Waals surface area contributed by atoms with Crippen LogP contribution >= 0.6 is 0 Å². The van der Waals surface area contributed by atoms with E-state index in [0.717, 1.165) is 13.1 Å². The molecule has 4 nitrogen and oxygen atoms in total. The molecule has 14 heavy (non-hydrogen) atoms. The van der Waals surface area contributed by atoms with Crippen molar-refractivity contribution in [1.29, 1.82) is 0 Å². The number of amides is 1. The molecule has 4 heteroatoms. The molecule has 3 aliphatic rings. The Morgan fingerprint density at radius 1 is 1.50 bits per heavy atom. The molecular formula is C10H18N2O2. The molecular weight excluding hydrogens is 180 g/mol. The van der Waals surface area contributed by atoms with Crippen molar-refractivity contribution in [3.63, 3.8) is 0 Å². The van der Waals surface area contributed by atoms with Crippen molar-refractivity contribution in [3.05, 3.63) is 0 Å². The highest BCUT2D eigenvalue weighted by molar-refractivity contribution is 5.78. The van der Waals surface area contributed by atoms with Crippen molar-refractivity contribution in [2.24, 2.45) is 11.8 Å². The maximum absolute atomic E-state index is 11.6. The lowest BCUT2D eigenvalue weighted by Crippen LogP contribution is -2.61. The summed E-state index contributed by atoms with van der Waals surface area (Å²) in [4.78, 5) is 13.5. The lowest BCUT2D eigenvalue weighted by Gasteiger charge is -2.52. The molecule has 1 N–H and O–H groups in total. The fourth-order valence-electron chi connectivity index (χ4n) is 2.70. The molecule has 0 aromatic heterocycles. The largest absolute Gasteiger partial charge is 0.381 e. The maximum atomic E-state index is 11.6. The topological polar surface area (TPSA) is 41.6 Å². The Morgan fingerprint density at radius 3 is 2.64 bits per heavy atom. The van der Waals surface area contributed by atoms with Crippen molar-refractivity contribution in [2.45, 2.75) is 12.5 Å². The molecule has 2 bridgehead atoms. The number of ether oxygens (including phenoxy) is 1. The van der Waals surface area contributed by atoms with Gasteiger partial charge in [-0.2, -0.15) is 0 Å². The van der Waals surface area contributed by atoms with Crippen LogP contribution in [0.2, 0.25) is 0 Å². The van der Waals surface area contributed by atoms with Crippen LogP contribution in [-0.4, -0.2) is 50.7 Å². The molecule has 1 saturated carbocycles. The molecule has 0 radical (unpaired) electrons. The molecule has 3 fully saturated rings. The normalized spacial score (nSPS) is 35.3. The van der Waals surface area contributed by atoms with Gasteiger partial charge in [0.1, 0.15) is 0 Å². The highest BCUT2D eigenvalue weighted by atomic mass is 16.5. The minimum atomic E-state index is 0.219. The van der Waals surface area contributed by atoms with Crippen LogP contribution < -0.4 is 5.32 Å². The van der Waals surface area contributed by atoms with E-state index in [2.05, 4.69) is 5.32 Å². The highest BCUT2D eigenvalue weighted by Crippen LogP contribution is 2.41. The number of piperidine rings is 2. The summed E-state index contributed by atoms with van der Waals surface area (Å²) in [5.41, 5.74) is 0. The number of methoxy groups -OCH3 is 1. The van der Waals surface area contributed by atoms with E-state index in [9.17, 15) is 4.79 Å². The summed E-state index contributed by atoms with van der Waals surface area (Å²) in [6.07, 6.45) is 1.65. The Labute approximate surface area is 84.6 Å². The molecule has 0 spiro atoms. The molecule has 1 amide bonds. The molecule has 2 unspecified atom stereocenters. The van der Waals surface area contributed by atoms with E-state index in [4.69, 9.17) is 4.74 Å². The third-order valence-corrected chi connectivity index (χ3v) is 3.40. The number of carbonyl (C=O) groups excluding carboxylic acids is 1. The van der Waals surface area contributed by atoms with Crippen LogP contribution in [0.5, 0.6) is 0 Å². The van der Waals surface area contributed by atoms with Crippen LogP contribution in [0.25, 0.3) is 0 Å². The Kier molecular flexibility index (Phi) is 2.74. The standard InChI is InChI=1S/C10H18N2O2/c1-11-4-9(13)12-5-7-3-8(6-12)10(7)14-2/h7-8,10-11H,3-6H2,1-2H3. The van der Waals surface area contributed by atoms with Gasteiger partial charge in [-0.05, 0) is 13.5 Å². The van der Waals surface area contributed by atoms with Crippen molar-refractivity contribution in [2.75, 3.05) is 33.8 Å². The second-order valence-corrected chi connectivity index (χ2v) is 4.29. The first-order chi connectivity index (χ1) is 6.76. The van der Waals surface area contributed by atoms with Crippen LogP contribution in [0.15, 0.2) is 0 Å². The SMILES string of the molecule is CNCC(=O)N1CC2CC(C1)C2OC. The van der Waals surface area contributed by atoms with Gasteiger partial charge >= 0.3 is 0 Å². The summed E-state index contributed by atoms with van der Waals surface area (Å²) in [7, 11) is 3.58. The fraction of sp³-hybridized carbons (Fsp3) is 0.900. The zero-order valence-corrected chi connectivity index (χ0v) is 8.82. The zero-order valence-electron chi connectivity index (χ0n) is 8.82. The minimum Gasteiger partial charge on any atom is -0.381 e. The van der Waals surface area contributed by atoms with Crippen molar-refractivity contribution in [1.82, 2.24) is 10.2 Å². The van der Waals surface area contributed by atoms with Gasteiger partial charge in [0.05, 0.1) is 12.6 Å². The van der Waals surface area contributed by atoms with Crippen LogP contribution in [0.1, 0.15) is 6.42 Å². The summed E-state index contributed by atoms with van der Waals surface area (Å²) >= 11 is 0. The molecule has 0 aromatic carbocycles. The predicted octanol–water partition coefficient (Wildman–Crippen LogP) is -0.301. The van der Waals surface area contributed by atoms with Crippen LogP contribution in [0.4, 0.5) is 0 Å². The lowest BCUT2D eigenvalue weighted by atomic mass is 9.68. The van der Waals surface area contributed by atoms with Crippen molar-refractivity contribution < 1.29 is 9.53 Å². The molecule has 2 atom stereocenters. The predicted molar refractivity (Wildman–Crippen MR) is 52.9 cm³/mol. The second-order valence-electron chi connectivity index (χ2n) is 4.29. The third kappa shape index (κ3) is 1.53. The monoisotopic (exact) mass is 198 g/mol. The minimum absolute atomic E-state index is 0.219. The van der Waals surface area contributed by atoms with Gasteiger partial charge in [0.2, 0.25) is 5.91 Å². The van der Waals surface area contributed by atoms with E-state index in [1.54, 1.807) is 14.2 Å². The number of hydrogen-bond donors (Lipinski definition) is 1. The smallest absolute Gasteiger partial charge is 0.236 e. The number of carbonyl (C=O) groups is 1. The van der Waals surface area contributed by atoms with Gasteiger partial charge in [0, 0.05) is 32.0 Å². The summed E-state index contributed by atoms with van der Waals surface area (Å²) in [6.45, 7) is 2.22. The van der Waals surface area contributed by atoms with Gasteiger partial charge in [-0.25, -0.2) is 0 Å². The van der Waals surface area contributed by atoms with E-state index in [-0.39, 0.29) is 5.91 Å². The summed E-state index contributed by atoms with van der Waals surface area (Å²) in [6, 6.07) is 0. The number of hydrogen-bond acceptors (Lipinski definition) is 3. The summed E-state index contributed by atoms with van der Waals surface area (Å²) in [5.74, 6) is 1.39. The number of nitrogens with one attached hydrogen (secondary N) is 1. The molecule has 3 rings (SSSR count). The average Bonchev–Trinajstić information content (AvgIpc) is 2.19. The Balaban J connectivity index is 1.87. The first kappa shape index (κ1) is 9.93. The van der Waals surface area contributed by atoms with Gasteiger partial charge in [-0.1, -0.05) is 0 Å². The number of nitrogens with zero attached hydrogens (tertiary/aromatic N) is 1. The van der Waals surface area contributed by atoms with Crippen LogP contribution in [0.3, 0.4) is 0 Å². The summed E-state index contributed by atoms with van der Waals surface area (Å²) in [5, 5.41) is 2.90. The average molecular weight is 198 g/mol. The van der Waals surface area contributed by atoms with Crippen LogP contribution in [0, 0.1) is 11.8 Å². The van der Waals surface area contributed by atoms with Gasteiger partial charge in [0.25, 0.3) is 0 Å². The zero-order chi connectivity index (χ0) is 10.1. The Bertz CT molecular complexity index is 220. The van der Waals surface area contributed by atoms with Gasteiger partial charge in [-0.3, -0.25) is 4.79 Å². The van der Waals surface area contributed by atoms with Crippen molar-refractivity contribution in [3.8, 4) is 0 Å². The molecule has 1 aliphatic carbocycles. The van der Waals surface area contributed by atoms with Gasteiger partial charge < -0.3 is 15.0 Å². The van der Waals surface area contributed by atoms with Crippen molar-refractivity contribution >= 4 is 5.91 Å². The first-order valence-corrected chi connectivity index (χ1v) is 5.21. The molecule has 2 saturated heterocycles. The second kappa shape index (κ2) is 3.87. The molecule has 2 heterocycles. The third-order valence-electron chi connectivity index (χ3n) is 3.40. The number of likely N-dealkylation sites (N-methyl/N-ethyl adjacent to an activating group) is 1. The number of rotatable bonds is 3. The molecule has 0 aromatic rings. The fourth-order valence-corrected chi connectivity index (χ4v) is 2.70. The highest BCUT2D eigenvalue weighted by Gasteiger charge is 2.47. The quantitative estimate of drug-likeness (QED) is 0.677. The lowest BCUT2D eigenvalue weighted by molar-refractivity contribution is -0.154. The first-order valence-electron chi connectivity index (χ1n) is 5.21. The molecule has 2 aliphatic heterocycles. The van der Waals surface area contributed by atoms with Gasteiger partial charge in [-0.15, -0.1) is 0 Å². The molecule has 80 valence electrons. The van der Waals surface area contributed by atoms with E-state index in [1.165, 1.54) is 6.42 Å². The Morgan fingerprint density at radius 2 is 2.14 bits per heavy atom. The van der Waals surface area contributed by atoms with Crippen LogP contribution in [-0.2, 0) is 9.53 Å². The van der Waals surface area contributed by atoms with E-state index in [0.29, 0.717) is 24.5 Å². The summed E-state index contributed by atoms with van der Waals surface area (Å²) < 4.78 is 5.39. The Hall–Kier alpha value is -0.610. The van der Waals surface area contributed by atoms with E-state index < -0.39 is 0 Å².